The summed E-state index contributed by atoms with van der Waals surface area (Å²) in [5.74, 6) is -0.601. The van der Waals surface area contributed by atoms with Gasteiger partial charge in [0.25, 0.3) is 0 Å². The van der Waals surface area contributed by atoms with E-state index in [0.29, 0.717) is 21.9 Å². The van der Waals surface area contributed by atoms with Gasteiger partial charge >= 0.3 is 5.97 Å². The molecular formula is C18H19NO4S2. The smallest absolute Gasteiger partial charge is 0.349 e. The number of piperidine rings is 1. The van der Waals surface area contributed by atoms with Crippen molar-refractivity contribution in [2.75, 3.05) is 7.05 Å². The molecule has 1 N–H and O–H groups in total. The predicted molar refractivity (Wildman–Crippen MR) is 94.8 cm³/mol. The maximum Gasteiger partial charge on any atom is 0.349 e. The minimum absolute atomic E-state index is 0.0754. The molecule has 6 rings (SSSR count). The lowest BCUT2D eigenvalue weighted by Gasteiger charge is -2.36. The fourth-order valence-electron chi connectivity index (χ4n) is 4.53. The Morgan fingerprint density at radius 1 is 1.24 bits per heavy atom. The van der Waals surface area contributed by atoms with E-state index in [2.05, 4.69) is 11.9 Å². The monoisotopic (exact) mass is 377 g/mol. The summed E-state index contributed by atoms with van der Waals surface area (Å²) in [4.78, 5) is 16.6. The summed E-state index contributed by atoms with van der Waals surface area (Å²) in [7, 11) is 2.08. The Morgan fingerprint density at radius 2 is 1.88 bits per heavy atom. The van der Waals surface area contributed by atoms with Crippen LogP contribution in [-0.2, 0) is 19.9 Å². The molecule has 5 atom stereocenters. The quantitative estimate of drug-likeness (QED) is 0.828. The highest BCUT2D eigenvalue weighted by Crippen LogP contribution is 2.47. The van der Waals surface area contributed by atoms with Crippen LogP contribution in [-0.4, -0.2) is 53.4 Å². The van der Waals surface area contributed by atoms with Crippen molar-refractivity contribution in [2.24, 2.45) is 0 Å². The van der Waals surface area contributed by atoms with E-state index < -0.39 is 11.6 Å². The largest absolute Gasteiger partial charge is 0.455 e. The van der Waals surface area contributed by atoms with E-state index in [9.17, 15) is 9.90 Å². The van der Waals surface area contributed by atoms with Crippen LogP contribution in [0.15, 0.2) is 35.0 Å². The molecule has 25 heavy (non-hydrogen) atoms. The molecule has 0 spiro atoms. The van der Waals surface area contributed by atoms with Crippen molar-refractivity contribution >= 4 is 28.6 Å². The van der Waals surface area contributed by atoms with Crippen LogP contribution in [0.5, 0.6) is 0 Å². The summed E-state index contributed by atoms with van der Waals surface area (Å²) in [5, 5.41) is 15.1. The summed E-state index contributed by atoms with van der Waals surface area (Å²) >= 11 is 2.72. The van der Waals surface area contributed by atoms with Crippen LogP contribution >= 0.6 is 22.7 Å². The van der Waals surface area contributed by atoms with Crippen molar-refractivity contribution in [3.05, 3.63) is 44.8 Å². The zero-order valence-electron chi connectivity index (χ0n) is 13.7. The Morgan fingerprint density at radius 3 is 2.44 bits per heavy atom. The average Bonchev–Trinajstić information content (AvgIpc) is 3.38. The van der Waals surface area contributed by atoms with Gasteiger partial charge in [-0.2, -0.15) is 0 Å². The molecule has 7 heteroatoms. The summed E-state index contributed by atoms with van der Waals surface area (Å²) in [5.41, 5.74) is -1.75. The van der Waals surface area contributed by atoms with Crippen molar-refractivity contribution in [3.63, 3.8) is 0 Å². The normalized spacial score (nSPS) is 33.9. The fraction of sp³-hybridized carbons (Fsp3) is 0.500. The molecule has 4 bridgehead atoms. The van der Waals surface area contributed by atoms with Gasteiger partial charge < -0.3 is 14.6 Å². The van der Waals surface area contributed by atoms with Gasteiger partial charge in [-0.1, -0.05) is 12.1 Å². The number of ether oxygens (including phenoxy) is 2. The van der Waals surface area contributed by atoms with Gasteiger partial charge in [0.05, 0.1) is 21.9 Å². The van der Waals surface area contributed by atoms with Gasteiger partial charge in [0.15, 0.2) is 0 Å². The van der Waals surface area contributed by atoms with Gasteiger partial charge in [0.1, 0.15) is 12.2 Å². The van der Waals surface area contributed by atoms with Gasteiger partial charge in [-0.05, 0) is 42.8 Å². The highest BCUT2D eigenvalue weighted by atomic mass is 32.1. The standard InChI is InChI=1S/C18H19NO4S2/c1-19-11-8-10-9-12(19)16(15(11)22-10)23-17(20)18(21,13-4-2-6-24-13)14-5-3-7-25-14/h2-7,10-12,15-16,21H,8-9H2,1H3/t10-,11-,12+,15?,16+/m1/s1. The number of aliphatic hydroxyl groups is 1. The predicted octanol–water partition coefficient (Wildman–Crippen LogP) is 2.20. The first-order valence-electron chi connectivity index (χ1n) is 8.48. The second-order valence-corrected chi connectivity index (χ2v) is 8.92. The lowest BCUT2D eigenvalue weighted by atomic mass is 9.98. The van der Waals surface area contributed by atoms with E-state index in [0.717, 1.165) is 12.8 Å². The van der Waals surface area contributed by atoms with Crippen LogP contribution in [0.4, 0.5) is 0 Å². The molecular weight excluding hydrogens is 358 g/mol. The van der Waals surface area contributed by atoms with Gasteiger partial charge in [-0.3, -0.25) is 4.90 Å². The zero-order chi connectivity index (χ0) is 17.2. The highest BCUT2D eigenvalue weighted by molar-refractivity contribution is 7.12. The molecule has 2 aromatic rings. The number of likely N-dealkylation sites (N-methyl/N-ethyl adjacent to an activating group) is 1. The van der Waals surface area contributed by atoms with Crippen molar-refractivity contribution in [3.8, 4) is 0 Å². The summed E-state index contributed by atoms with van der Waals surface area (Å²) in [6.07, 6.45) is 1.80. The Balaban J connectivity index is 1.46. The van der Waals surface area contributed by atoms with Gasteiger partial charge in [-0.25, -0.2) is 4.79 Å². The third-order valence-electron chi connectivity index (χ3n) is 5.78. The van der Waals surface area contributed by atoms with Crippen LogP contribution in [0.1, 0.15) is 22.6 Å². The second kappa shape index (κ2) is 5.62. The molecule has 4 fully saturated rings. The van der Waals surface area contributed by atoms with E-state index in [-0.39, 0.29) is 18.2 Å². The Hall–Kier alpha value is -1.25. The van der Waals surface area contributed by atoms with Crippen molar-refractivity contribution < 1.29 is 19.4 Å². The molecule has 0 radical (unpaired) electrons. The van der Waals surface area contributed by atoms with E-state index >= 15 is 0 Å². The summed E-state index contributed by atoms with van der Waals surface area (Å²) in [6.45, 7) is 0. The number of rotatable bonds is 4. The van der Waals surface area contributed by atoms with Gasteiger partial charge in [0, 0.05) is 6.04 Å². The molecule has 0 amide bonds. The topological polar surface area (TPSA) is 59.0 Å². The lowest BCUT2D eigenvalue weighted by molar-refractivity contribution is -0.180. The van der Waals surface area contributed by atoms with Crippen LogP contribution in [0, 0.1) is 0 Å². The molecule has 6 heterocycles. The summed E-state index contributed by atoms with van der Waals surface area (Å²) < 4.78 is 12.0. The Bertz CT molecular complexity index is 739. The number of hydrogen-bond acceptors (Lipinski definition) is 7. The van der Waals surface area contributed by atoms with Crippen molar-refractivity contribution in [1.82, 2.24) is 4.90 Å². The van der Waals surface area contributed by atoms with Crippen LogP contribution in [0.25, 0.3) is 0 Å². The maximum atomic E-state index is 13.1. The molecule has 0 aromatic carbocycles. The zero-order valence-corrected chi connectivity index (χ0v) is 15.3. The first-order chi connectivity index (χ1) is 12.1. The van der Waals surface area contributed by atoms with Crippen molar-refractivity contribution in [2.45, 2.75) is 48.8 Å². The molecule has 132 valence electrons. The van der Waals surface area contributed by atoms with E-state index in [1.54, 1.807) is 12.1 Å². The molecule has 1 unspecified atom stereocenters. The minimum atomic E-state index is -1.75. The number of carbonyl (C=O) groups is 1. The lowest BCUT2D eigenvalue weighted by Crippen LogP contribution is -2.49. The Kier molecular flexibility index (Phi) is 3.59. The number of esters is 1. The number of carbonyl (C=O) groups excluding carboxylic acids is 1. The van der Waals surface area contributed by atoms with Crippen LogP contribution in [0.2, 0.25) is 0 Å². The maximum absolute atomic E-state index is 13.1. The average molecular weight is 377 g/mol. The van der Waals surface area contributed by atoms with E-state index in [1.165, 1.54) is 22.7 Å². The summed E-state index contributed by atoms with van der Waals surface area (Å²) in [6, 6.07) is 7.73. The van der Waals surface area contributed by atoms with E-state index in [1.807, 2.05) is 22.9 Å². The van der Waals surface area contributed by atoms with Gasteiger partial charge in [-0.15, -0.1) is 22.7 Å². The molecule has 5 nitrogen and oxygen atoms in total. The number of nitrogens with zero attached hydrogens (tertiary/aromatic N) is 1. The van der Waals surface area contributed by atoms with E-state index in [4.69, 9.17) is 9.47 Å². The SMILES string of the molecule is CN1[C@@H]2C[C@@H]3C[C@H]1[C@H](OC(=O)C(O)(c1cccs1)c1cccs1)C2O3. The number of thiophene rings is 2. The second-order valence-electron chi connectivity index (χ2n) is 7.03. The van der Waals surface area contributed by atoms with Gasteiger partial charge in [0.2, 0.25) is 5.60 Å². The van der Waals surface area contributed by atoms with Crippen molar-refractivity contribution in [1.29, 1.82) is 0 Å². The first kappa shape index (κ1) is 16.0. The highest BCUT2D eigenvalue weighted by Gasteiger charge is 2.61. The van der Waals surface area contributed by atoms with Crippen LogP contribution < -0.4 is 0 Å². The Labute approximate surface area is 153 Å². The number of hydrogen-bond donors (Lipinski definition) is 1. The molecule has 4 saturated heterocycles. The molecule has 0 aliphatic carbocycles. The molecule has 0 saturated carbocycles. The van der Waals surface area contributed by atoms with Crippen LogP contribution in [0.3, 0.4) is 0 Å². The third-order valence-corrected chi connectivity index (χ3v) is 7.74. The minimum Gasteiger partial charge on any atom is -0.455 e. The molecule has 2 aromatic heterocycles. The molecule has 4 aliphatic heterocycles. The first-order valence-corrected chi connectivity index (χ1v) is 10.2. The third kappa shape index (κ3) is 2.20. The fourth-order valence-corrected chi connectivity index (χ4v) is 6.24. The molecule has 4 aliphatic rings.